The number of hydrogen-bond donors (Lipinski definition) is 1. The van der Waals surface area contributed by atoms with Gasteiger partial charge in [0.2, 0.25) is 0 Å². The van der Waals surface area contributed by atoms with Gasteiger partial charge >= 0.3 is 6.09 Å². The van der Waals surface area contributed by atoms with Crippen LogP contribution in [-0.2, 0) is 4.74 Å². The number of hydrogen-bond acceptors (Lipinski definition) is 2. The standard InChI is InChI=1S/C16H27NO2/c1-11(2)19-13(18)17-16-7-12-5-14(3,9-16)8-15(4,6-12)10-16/h11-12H,5-10H2,1-4H3,(H,17,18). The zero-order chi connectivity index (χ0) is 13.9. The lowest BCUT2D eigenvalue weighted by Gasteiger charge is -2.65. The van der Waals surface area contributed by atoms with Crippen LogP contribution in [0.3, 0.4) is 0 Å². The molecule has 0 radical (unpaired) electrons. The zero-order valence-corrected chi connectivity index (χ0v) is 12.7. The Balaban J connectivity index is 1.79. The van der Waals surface area contributed by atoms with Crippen molar-refractivity contribution in [1.29, 1.82) is 0 Å². The number of carbonyl (C=O) groups excluding carboxylic acids is 1. The quantitative estimate of drug-likeness (QED) is 0.823. The van der Waals surface area contributed by atoms with E-state index in [-0.39, 0.29) is 17.7 Å². The lowest BCUT2D eigenvalue weighted by atomic mass is 9.43. The van der Waals surface area contributed by atoms with Gasteiger partial charge in [-0.05, 0) is 69.1 Å². The first-order valence-electron chi connectivity index (χ1n) is 7.71. The van der Waals surface area contributed by atoms with Crippen molar-refractivity contribution in [2.45, 2.75) is 77.9 Å². The van der Waals surface area contributed by atoms with E-state index >= 15 is 0 Å². The fourth-order valence-corrected chi connectivity index (χ4v) is 6.05. The van der Waals surface area contributed by atoms with Crippen molar-refractivity contribution < 1.29 is 9.53 Å². The summed E-state index contributed by atoms with van der Waals surface area (Å²) < 4.78 is 5.31. The van der Waals surface area contributed by atoms with E-state index in [9.17, 15) is 4.79 Å². The summed E-state index contributed by atoms with van der Waals surface area (Å²) in [6.07, 6.45) is 7.21. The van der Waals surface area contributed by atoms with Gasteiger partial charge in [0.05, 0.1) is 6.10 Å². The molecule has 108 valence electrons. The predicted octanol–water partition coefficient (Wildman–Crippen LogP) is 3.87. The van der Waals surface area contributed by atoms with E-state index in [2.05, 4.69) is 19.2 Å². The van der Waals surface area contributed by atoms with Gasteiger partial charge in [-0.2, -0.15) is 0 Å². The van der Waals surface area contributed by atoms with Gasteiger partial charge in [0, 0.05) is 5.54 Å². The van der Waals surface area contributed by atoms with Gasteiger partial charge in [0.15, 0.2) is 0 Å². The van der Waals surface area contributed by atoms with Crippen LogP contribution in [0, 0.1) is 16.7 Å². The number of carbonyl (C=O) groups is 1. The largest absolute Gasteiger partial charge is 0.447 e. The molecule has 0 saturated heterocycles. The average molecular weight is 265 g/mol. The van der Waals surface area contributed by atoms with Crippen LogP contribution in [0.15, 0.2) is 0 Å². The SMILES string of the molecule is CC(C)OC(=O)NC12CC3CC(C)(CC(C)(C3)C1)C2. The third-order valence-electron chi connectivity index (χ3n) is 5.34. The molecule has 2 atom stereocenters. The van der Waals surface area contributed by atoms with Crippen molar-refractivity contribution in [2.24, 2.45) is 16.7 Å². The molecule has 0 aliphatic heterocycles. The van der Waals surface area contributed by atoms with Crippen molar-refractivity contribution >= 4 is 6.09 Å². The highest BCUT2D eigenvalue weighted by Crippen LogP contribution is 2.66. The highest BCUT2D eigenvalue weighted by Gasteiger charge is 2.60. The molecule has 4 saturated carbocycles. The fraction of sp³-hybridized carbons (Fsp3) is 0.938. The summed E-state index contributed by atoms with van der Waals surface area (Å²) in [6.45, 7) is 8.64. The minimum Gasteiger partial charge on any atom is -0.447 e. The molecule has 4 bridgehead atoms. The second-order valence-electron chi connectivity index (χ2n) is 8.49. The first-order chi connectivity index (χ1) is 8.72. The van der Waals surface area contributed by atoms with Crippen LogP contribution in [-0.4, -0.2) is 17.7 Å². The van der Waals surface area contributed by atoms with Crippen molar-refractivity contribution in [1.82, 2.24) is 5.32 Å². The minimum atomic E-state index is -0.218. The molecule has 3 heteroatoms. The van der Waals surface area contributed by atoms with Crippen LogP contribution in [0.4, 0.5) is 4.79 Å². The van der Waals surface area contributed by atoms with E-state index in [1.54, 1.807) is 0 Å². The third-order valence-corrected chi connectivity index (χ3v) is 5.34. The van der Waals surface area contributed by atoms with Crippen LogP contribution < -0.4 is 5.32 Å². The summed E-state index contributed by atoms with van der Waals surface area (Å²) in [6, 6.07) is 0. The first kappa shape index (κ1) is 13.3. The van der Waals surface area contributed by atoms with Crippen LogP contribution in [0.2, 0.25) is 0 Å². The van der Waals surface area contributed by atoms with Crippen molar-refractivity contribution in [2.75, 3.05) is 0 Å². The third kappa shape index (κ3) is 2.36. The topological polar surface area (TPSA) is 38.3 Å². The summed E-state index contributed by atoms with van der Waals surface area (Å²) in [5, 5.41) is 3.25. The number of ether oxygens (including phenoxy) is 1. The average Bonchev–Trinajstić information content (AvgIpc) is 2.06. The Morgan fingerprint density at radius 2 is 1.68 bits per heavy atom. The van der Waals surface area contributed by atoms with Crippen LogP contribution >= 0.6 is 0 Å². The highest BCUT2D eigenvalue weighted by atomic mass is 16.6. The molecule has 0 aromatic carbocycles. The lowest BCUT2D eigenvalue weighted by molar-refractivity contribution is -0.115. The van der Waals surface area contributed by atoms with E-state index in [1.807, 2.05) is 13.8 Å². The van der Waals surface area contributed by atoms with Gasteiger partial charge in [-0.3, -0.25) is 0 Å². The summed E-state index contributed by atoms with van der Waals surface area (Å²) >= 11 is 0. The van der Waals surface area contributed by atoms with Crippen molar-refractivity contribution in [3.8, 4) is 0 Å². The van der Waals surface area contributed by atoms with Gasteiger partial charge < -0.3 is 10.1 Å². The Morgan fingerprint density at radius 3 is 2.16 bits per heavy atom. The number of nitrogens with one attached hydrogen (secondary N) is 1. The Morgan fingerprint density at radius 1 is 1.11 bits per heavy atom. The van der Waals surface area contributed by atoms with Crippen molar-refractivity contribution in [3.05, 3.63) is 0 Å². The maximum atomic E-state index is 12.0. The number of rotatable bonds is 2. The second kappa shape index (κ2) is 3.89. The Labute approximate surface area is 116 Å². The molecular formula is C16H27NO2. The smallest absolute Gasteiger partial charge is 0.407 e. The summed E-state index contributed by atoms with van der Waals surface area (Å²) in [5.41, 5.74) is 0.868. The minimum absolute atomic E-state index is 0.00882. The molecule has 3 nitrogen and oxygen atoms in total. The normalized spacial score (nSPS) is 47.5. The Bertz CT molecular complexity index is 386. The van der Waals surface area contributed by atoms with Gasteiger partial charge in [-0.15, -0.1) is 0 Å². The molecule has 4 fully saturated rings. The summed E-state index contributed by atoms with van der Waals surface area (Å²) in [4.78, 5) is 12.0. The zero-order valence-electron chi connectivity index (χ0n) is 12.7. The first-order valence-corrected chi connectivity index (χ1v) is 7.71. The van der Waals surface area contributed by atoms with Crippen LogP contribution in [0.5, 0.6) is 0 Å². The fourth-order valence-electron chi connectivity index (χ4n) is 6.05. The van der Waals surface area contributed by atoms with Crippen LogP contribution in [0.1, 0.15) is 66.2 Å². The number of amides is 1. The maximum absolute atomic E-state index is 12.0. The van der Waals surface area contributed by atoms with E-state index in [0.29, 0.717) is 10.8 Å². The monoisotopic (exact) mass is 265 g/mol. The molecule has 4 aliphatic carbocycles. The molecule has 4 aliphatic rings. The van der Waals surface area contributed by atoms with Gasteiger partial charge in [0.1, 0.15) is 0 Å². The van der Waals surface area contributed by atoms with Gasteiger partial charge in [-0.1, -0.05) is 13.8 Å². The molecule has 0 aromatic heterocycles. The predicted molar refractivity (Wildman–Crippen MR) is 74.9 cm³/mol. The lowest BCUT2D eigenvalue weighted by Crippen LogP contribution is -2.65. The number of alkyl carbamates (subject to hydrolysis) is 1. The molecule has 0 aromatic rings. The maximum Gasteiger partial charge on any atom is 0.407 e. The molecule has 19 heavy (non-hydrogen) atoms. The second-order valence-corrected chi connectivity index (χ2v) is 8.49. The van der Waals surface area contributed by atoms with Crippen molar-refractivity contribution in [3.63, 3.8) is 0 Å². The molecule has 1 N–H and O–H groups in total. The molecule has 0 heterocycles. The molecule has 2 unspecified atom stereocenters. The molecule has 1 amide bonds. The van der Waals surface area contributed by atoms with Gasteiger partial charge in [-0.25, -0.2) is 4.79 Å². The van der Waals surface area contributed by atoms with E-state index in [4.69, 9.17) is 4.74 Å². The van der Waals surface area contributed by atoms with E-state index in [0.717, 1.165) is 25.2 Å². The van der Waals surface area contributed by atoms with E-state index in [1.165, 1.54) is 19.3 Å². The molecule has 4 rings (SSSR count). The Hall–Kier alpha value is -0.730. The van der Waals surface area contributed by atoms with Gasteiger partial charge in [0.25, 0.3) is 0 Å². The highest BCUT2D eigenvalue weighted by molar-refractivity contribution is 5.68. The molecule has 0 spiro atoms. The molecular weight excluding hydrogens is 238 g/mol. The van der Waals surface area contributed by atoms with Crippen LogP contribution in [0.25, 0.3) is 0 Å². The summed E-state index contributed by atoms with van der Waals surface area (Å²) in [5.74, 6) is 0.797. The summed E-state index contributed by atoms with van der Waals surface area (Å²) in [7, 11) is 0. The van der Waals surface area contributed by atoms with E-state index < -0.39 is 0 Å². The Kier molecular flexibility index (Phi) is 2.72.